The molecule has 2 bridgehead atoms. The zero-order chi connectivity index (χ0) is 17.8. The summed E-state index contributed by atoms with van der Waals surface area (Å²) < 4.78 is 8.06. The monoisotopic (exact) mass is 368 g/mol. The third kappa shape index (κ3) is 2.46. The number of amides is 1. The molecule has 0 radical (unpaired) electrons. The highest BCUT2D eigenvalue weighted by atomic mass is 32.1. The van der Waals surface area contributed by atoms with E-state index in [9.17, 15) is 4.79 Å². The largest absolute Gasteiger partial charge is 0.374 e. The number of ether oxygens (including phenoxy) is 1. The van der Waals surface area contributed by atoms with Crippen LogP contribution in [-0.4, -0.2) is 52.0 Å². The molecule has 0 aliphatic carbocycles. The number of morpholine rings is 2. The summed E-state index contributed by atoms with van der Waals surface area (Å²) in [5.41, 5.74) is 9.66. The van der Waals surface area contributed by atoms with Crippen LogP contribution in [0.2, 0.25) is 0 Å². The summed E-state index contributed by atoms with van der Waals surface area (Å²) in [4.78, 5) is 20.4. The first-order valence-corrected chi connectivity index (χ1v) is 9.65. The van der Waals surface area contributed by atoms with E-state index in [4.69, 9.17) is 15.5 Å². The lowest BCUT2D eigenvalue weighted by atomic mass is 9.92. The number of fused-ring (bicyclic) bond motifs is 3. The maximum Gasteiger partial charge on any atom is 0.258 e. The standard InChI is InChI=1S/C19H20N4O2S/c1-11-4-5-23-13(9-12-14-10-22(12)6-7-25-14)18(21-17(23)8-11)15-2-3-16(26-15)19(20)24/h2-5,8,12,14H,6-7,9-10H2,1H3,(H2,20,24)/t12-,14-/m0/s1. The number of primary amides is 1. The minimum absolute atomic E-state index is 0.317. The van der Waals surface area contributed by atoms with Crippen LogP contribution in [0.25, 0.3) is 16.2 Å². The van der Waals surface area contributed by atoms with Gasteiger partial charge in [-0.05, 0) is 36.8 Å². The van der Waals surface area contributed by atoms with Crippen LogP contribution >= 0.6 is 11.3 Å². The van der Waals surface area contributed by atoms with Gasteiger partial charge in [-0.3, -0.25) is 9.69 Å². The molecular formula is C19H20N4O2S. The lowest BCUT2D eigenvalue weighted by Crippen LogP contribution is -2.66. The number of imidazole rings is 1. The van der Waals surface area contributed by atoms with Crippen molar-refractivity contribution in [3.63, 3.8) is 0 Å². The fourth-order valence-corrected chi connectivity index (χ4v) is 4.84. The summed E-state index contributed by atoms with van der Waals surface area (Å²) in [5, 5.41) is 0. The second-order valence-corrected chi connectivity index (χ2v) is 8.13. The summed E-state index contributed by atoms with van der Waals surface area (Å²) in [6.45, 7) is 4.92. The Morgan fingerprint density at radius 1 is 1.42 bits per heavy atom. The highest BCUT2D eigenvalue weighted by Gasteiger charge is 2.43. The van der Waals surface area contributed by atoms with E-state index in [2.05, 4.69) is 34.6 Å². The number of carbonyl (C=O) groups is 1. The molecule has 0 aromatic carbocycles. The zero-order valence-electron chi connectivity index (χ0n) is 14.5. The number of carbonyl (C=O) groups excluding carboxylic acids is 1. The molecule has 2 aliphatic heterocycles. The Morgan fingerprint density at radius 2 is 2.31 bits per heavy atom. The second kappa shape index (κ2) is 5.90. The molecule has 2 fully saturated rings. The Balaban J connectivity index is 1.60. The molecule has 3 aromatic heterocycles. The number of nitrogens with two attached hydrogens (primary N) is 1. The number of aromatic nitrogens is 2. The van der Waals surface area contributed by atoms with E-state index in [0.29, 0.717) is 17.0 Å². The molecule has 5 rings (SSSR count). The van der Waals surface area contributed by atoms with E-state index in [1.807, 2.05) is 6.07 Å². The summed E-state index contributed by atoms with van der Waals surface area (Å²) in [6, 6.07) is 8.32. The van der Waals surface area contributed by atoms with Crippen molar-refractivity contribution in [3.8, 4) is 10.6 Å². The predicted molar refractivity (Wildman–Crippen MR) is 101 cm³/mol. The molecular weight excluding hydrogens is 348 g/mol. The Hall–Kier alpha value is -2.22. The molecule has 1 unspecified atom stereocenters. The quantitative estimate of drug-likeness (QED) is 0.765. The number of pyridine rings is 1. The SMILES string of the molecule is Cc1ccn2c(C[C@H]3[C@@H]4CN3CCO4)c(-c3ccc(C(N)=O)s3)nc2c1. The van der Waals surface area contributed by atoms with E-state index in [-0.39, 0.29) is 0 Å². The van der Waals surface area contributed by atoms with Gasteiger partial charge in [-0.1, -0.05) is 0 Å². The van der Waals surface area contributed by atoms with Gasteiger partial charge in [0.2, 0.25) is 0 Å². The van der Waals surface area contributed by atoms with Gasteiger partial charge in [-0.25, -0.2) is 4.98 Å². The number of rotatable bonds is 4. The first-order chi connectivity index (χ1) is 12.6. The molecule has 0 saturated carbocycles. The number of nitrogens with zero attached hydrogens (tertiary/aromatic N) is 3. The van der Waals surface area contributed by atoms with Crippen LogP contribution in [0.5, 0.6) is 0 Å². The molecule has 3 aromatic rings. The molecule has 6 nitrogen and oxygen atoms in total. The van der Waals surface area contributed by atoms with Crippen molar-refractivity contribution in [2.75, 3.05) is 19.7 Å². The average Bonchev–Trinajstić information content (AvgIpc) is 3.24. The number of aryl methyl sites for hydroxylation is 1. The molecule has 5 heterocycles. The molecule has 2 N–H and O–H groups in total. The van der Waals surface area contributed by atoms with Gasteiger partial charge in [0.05, 0.1) is 28.2 Å². The van der Waals surface area contributed by atoms with Crippen LogP contribution in [-0.2, 0) is 11.2 Å². The topological polar surface area (TPSA) is 72.9 Å². The van der Waals surface area contributed by atoms with E-state index in [1.165, 1.54) is 22.6 Å². The summed E-state index contributed by atoms with van der Waals surface area (Å²) >= 11 is 1.41. The van der Waals surface area contributed by atoms with Gasteiger partial charge >= 0.3 is 0 Å². The third-order valence-corrected chi connectivity index (χ3v) is 6.49. The maximum atomic E-state index is 11.5. The van der Waals surface area contributed by atoms with Crippen LogP contribution < -0.4 is 5.73 Å². The van der Waals surface area contributed by atoms with E-state index in [1.54, 1.807) is 6.07 Å². The summed E-state index contributed by atoms with van der Waals surface area (Å²) in [6.07, 6.45) is 3.29. The zero-order valence-corrected chi connectivity index (χ0v) is 15.3. The molecule has 1 amide bonds. The van der Waals surface area contributed by atoms with E-state index >= 15 is 0 Å². The van der Waals surface area contributed by atoms with Gasteiger partial charge in [0, 0.05) is 31.7 Å². The Kier molecular flexibility index (Phi) is 3.63. The molecule has 3 atom stereocenters. The van der Waals surface area contributed by atoms with E-state index < -0.39 is 5.91 Å². The predicted octanol–water partition coefficient (Wildman–Crippen LogP) is 2.10. The fraction of sp³-hybridized carbons (Fsp3) is 0.368. The second-order valence-electron chi connectivity index (χ2n) is 7.04. The van der Waals surface area contributed by atoms with Crippen molar-refractivity contribution in [2.45, 2.75) is 25.5 Å². The molecule has 134 valence electrons. The van der Waals surface area contributed by atoms with Gasteiger partial charge < -0.3 is 14.9 Å². The Morgan fingerprint density at radius 3 is 3.00 bits per heavy atom. The Bertz CT molecular complexity index is 994. The molecule has 0 spiro atoms. The third-order valence-electron chi connectivity index (χ3n) is 5.39. The summed E-state index contributed by atoms with van der Waals surface area (Å²) in [7, 11) is 0. The van der Waals surface area contributed by atoms with Crippen LogP contribution in [0, 0.1) is 6.92 Å². The Labute approximate surface area is 155 Å². The van der Waals surface area contributed by atoms with Crippen molar-refractivity contribution in [2.24, 2.45) is 5.73 Å². The van der Waals surface area contributed by atoms with Crippen molar-refractivity contribution < 1.29 is 9.53 Å². The molecule has 26 heavy (non-hydrogen) atoms. The molecule has 7 heteroatoms. The number of hydrogen-bond acceptors (Lipinski definition) is 5. The first-order valence-electron chi connectivity index (χ1n) is 8.83. The minimum Gasteiger partial charge on any atom is -0.374 e. The molecule has 2 saturated heterocycles. The van der Waals surface area contributed by atoms with E-state index in [0.717, 1.165) is 42.3 Å². The van der Waals surface area contributed by atoms with Crippen LogP contribution in [0.1, 0.15) is 20.9 Å². The summed E-state index contributed by atoms with van der Waals surface area (Å²) in [5.74, 6) is -0.393. The van der Waals surface area contributed by atoms with Crippen molar-refractivity contribution >= 4 is 22.9 Å². The van der Waals surface area contributed by atoms with Crippen molar-refractivity contribution in [1.29, 1.82) is 0 Å². The van der Waals surface area contributed by atoms with Crippen LogP contribution in [0.4, 0.5) is 0 Å². The lowest BCUT2D eigenvalue weighted by Gasteiger charge is -2.52. The fourth-order valence-electron chi connectivity index (χ4n) is 3.97. The van der Waals surface area contributed by atoms with Gasteiger partial charge in [0.1, 0.15) is 11.3 Å². The normalized spacial score (nSPS) is 24.6. The minimum atomic E-state index is -0.393. The van der Waals surface area contributed by atoms with Gasteiger partial charge in [0.25, 0.3) is 5.91 Å². The van der Waals surface area contributed by atoms with Crippen LogP contribution in [0.3, 0.4) is 0 Å². The maximum absolute atomic E-state index is 11.5. The number of thiophene rings is 1. The first kappa shape index (κ1) is 16.0. The van der Waals surface area contributed by atoms with Gasteiger partial charge in [-0.2, -0.15) is 0 Å². The molecule has 2 aliphatic rings. The average molecular weight is 368 g/mol. The highest BCUT2D eigenvalue weighted by molar-refractivity contribution is 7.17. The van der Waals surface area contributed by atoms with Gasteiger partial charge in [-0.15, -0.1) is 11.3 Å². The lowest BCUT2D eigenvalue weighted by molar-refractivity contribution is -0.159. The van der Waals surface area contributed by atoms with Crippen LogP contribution in [0.15, 0.2) is 30.5 Å². The highest BCUT2D eigenvalue weighted by Crippen LogP contribution is 2.35. The smallest absolute Gasteiger partial charge is 0.258 e. The van der Waals surface area contributed by atoms with Crippen molar-refractivity contribution in [1.82, 2.24) is 14.3 Å². The van der Waals surface area contributed by atoms with Gasteiger partial charge in [0.15, 0.2) is 0 Å². The van der Waals surface area contributed by atoms with Crippen molar-refractivity contribution in [3.05, 3.63) is 46.6 Å². The number of hydrogen-bond donors (Lipinski definition) is 1.